The van der Waals surface area contributed by atoms with Crippen molar-refractivity contribution < 1.29 is 4.74 Å². The molecule has 0 radical (unpaired) electrons. The highest BCUT2D eigenvalue weighted by atomic mass is 16.5. The summed E-state index contributed by atoms with van der Waals surface area (Å²) in [6.07, 6.45) is 3.21. The Morgan fingerprint density at radius 3 is 2.35 bits per heavy atom. The van der Waals surface area contributed by atoms with Gasteiger partial charge >= 0.3 is 0 Å². The third kappa shape index (κ3) is 5.22. The number of hydrogen-bond donors (Lipinski definition) is 1. The second-order valence-corrected chi connectivity index (χ2v) is 4.85. The zero-order valence-electron chi connectivity index (χ0n) is 11.3. The molecule has 0 fully saturated rings. The zero-order chi connectivity index (χ0) is 12.7. The van der Waals surface area contributed by atoms with E-state index in [-0.39, 0.29) is 6.04 Å². The smallest absolute Gasteiger partial charge is 0.119 e. The van der Waals surface area contributed by atoms with Crippen LogP contribution in [-0.4, -0.2) is 12.6 Å². The minimum Gasteiger partial charge on any atom is -0.494 e. The van der Waals surface area contributed by atoms with E-state index < -0.39 is 0 Å². The lowest BCUT2D eigenvalue weighted by Crippen LogP contribution is -2.15. The highest BCUT2D eigenvalue weighted by Gasteiger charge is 2.02. The lowest BCUT2D eigenvalue weighted by Gasteiger charge is -2.11. The van der Waals surface area contributed by atoms with Gasteiger partial charge in [0.05, 0.1) is 6.61 Å². The molecule has 0 aliphatic rings. The van der Waals surface area contributed by atoms with Crippen LogP contribution in [0.15, 0.2) is 24.3 Å². The first-order valence-corrected chi connectivity index (χ1v) is 6.61. The van der Waals surface area contributed by atoms with Gasteiger partial charge < -0.3 is 10.5 Å². The molecule has 0 saturated heterocycles. The molecule has 2 atom stereocenters. The van der Waals surface area contributed by atoms with Crippen molar-refractivity contribution in [2.75, 3.05) is 6.61 Å². The Labute approximate surface area is 105 Å². The molecule has 0 amide bonds. The summed E-state index contributed by atoms with van der Waals surface area (Å²) in [6.45, 7) is 7.24. The predicted molar refractivity (Wildman–Crippen MR) is 73.5 cm³/mol. The maximum Gasteiger partial charge on any atom is 0.119 e. The number of hydrogen-bond acceptors (Lipinski definition) is 2. The van der Waals surface area contributed by atoms with Gasteiger partial charge in [0.2, 0.25) is 0 Å². The van der Waals surface area contributed by atoms with Gasteiger partial charge in [-0.05, 0) is 49.8 Å². The number of rotatable bonds is 7. The fourth-order valence-electron chi connectivity index (χ4n) is 1.72. The van der Waals surface area contributed by atoms with Gasteiger partial charge in [-0.15, -0.1) is 0 Å². The molecule has 0 aromatic heterocycles. The first-order valence-electron chi connectivity index (χ1n) is 6.61. The molecule has 96 valence electrons. The predicted octanol–water partition coefficient (Wildman–Crippen LogP) is 3.71. The van der Waals surface area contributed by atoms with Gasteiger partial charge in [0.25, 0.3) is 0 Å². The lowest BCUT2D eigenvalue weighted by molar-refractivity contribution is 0.302. The monoisotopic (exact) mass is 235 g/mol. The van der Waals surface area contributed by atoms with Crippen LogP contribution in [0.2, 0.25) is 0 Å². The highest BCUT2D eigenvalue weighted by molar-refractivity contribution is 5.29. The van der Waals surface area contributed by atoms with Gasteiger partial charge in [-0.25, -0.2) is 0 Å². The summed E-state index contributed by atoms with van der Waals surface area (Å²) in [5.41, 5.74) is 7.07. The van der Waals surface area contributed by atoms with E-state index >= 15 is 0 Å². The number of ether oxygens (including phenoxy) is 1. The van der Waals surface area contributed by atoms with Gasteiger partial charge in [0, 0.05) is 6.04 Å². The Morgan fingerprint density at radius 2 is 1.82 bits per heavy atom. The molecule has 2 nitrogen and oxygen atoms in total. The zero-order valence-corrected chi connectivity index (χ0v) is 11.3. The van der Waals surface area contributed by atoms with Crippen LogP contribution in [0.5, 0.6) is 5.75 Å². The van der Waals surface area contributed by atoms with Crippen molar-refractivity contribution in [1.82, 2.24) is 0 Å². The molecule has 1 aromatic rings. The highest BCUT2D eigenvalue weighted by Crippen LogP contribution is 2.21. The topological polar surface area (TPSA) is 35.2 Å². The minimum atomic E-state index is 0.270. The van der Waals surface area contributed by atoms with Crippen LogP contribution in [0.25, 0.3) is 0 Å². The first kappa shape index (κ1) is 14.0. The summed E-state index contributed by atoms with van der Waals surface area (Å²) in [4.78, 5) is 0. The van der Waals surface area contributed by atoms with Crippen molar-refractivity contribution in [2.24, 2.45) is 5.73 Å². The minimum absolute atomic E-state index is 0.270. The van der Waals surface area contributed by atoms with Crippen LogP contribution in [-0.2, 0) is 0 Å². The average Bonchev–Trinajstić information content (AvgIpc) is 2.34. The molecule has 0 heterocycles. The Morgan fingerprint density at radius 1 is 1.18 bits per heavy atom. The molecule has 0 aliphatic heterocycles. The van der Waals surface area contributed by atoms with Gasteiger partial charge in [-0.1, -0.05) is 26.0 Å². The summed E-state index contributed by atoms with van der Waals surface area (Å²) < 4.78 is 5.67. The van der Waals surface area contributed by atoms with E-state index in [1.54, 1.807) is 0 Å². The van der Waals surface area contributed by atoms with E-state index in [1.165, 1.54) is 12.0 Å². The summed E-state index contributed by atoms with van der Waals surface area (Å²) in [5.74, 6) is 1.59. The molecule has 1 aromatic carbocycles. The van der Waals surface area contributed by atoms with E-state index in [0.29, 0.717) is 5.92 Å². The van der Waals surface area contributed by atoms with Crippen LogP contribution in [0.3, 0.4) is 0 Å². The van der Waals surface area contributed by atoms with E-state index in [2.05, 4.69) is 38.1 Å². The molecule has 0 saturated carbocycles. The normalized spacial score (nSPS) is 14.4. The fraction of sp³-hybridized carbons (Fsp3) is 0.600. The van der Waals surface area contributed by atoms with Crippen LogP contribution in [0, 0.1) is 0 Å². The molecule has 0 aliphatic carbocycles. The molecule has 1 rings (SSSR count). The number of benzene rings is 1. The summed E-state index contributed by atoms with van der Waals surface area (Å²) in [5, 5.41) is 0. The van der Waals surface area contributed by atoms with Crippen molar-refractivity contribution in [3.05, 3.63) is 29.8 Å². The third-order valence-electron chi connectivity index (χ3n) is 3.13. The maximum absolute atomic E-state index is 5.68. The van der Waals surface area contributed by atoms with Gasteiger partial charge in [-0.2, -0.15) is 0 Å². The van der Waals surface area contributed by atoms with Gasteiger partial charge in [-0.3, -0.25) is 0 Å². The van der Waals surface area contributed by atoms with Crippen molar-refractivity contribution >= 4 is 0 Å². The Bertz CT molecular complexity index is 305. The first-order chi connectivity index (χ1) is 8.13. The van der Waals surface area contributed by atoms with E-state index in [9.17, 15) is 0 Å². The summed E-state index contributed by atoms with van der Waals surface area (Å²) in [6, 6.07) is 8.72. The van der Waals surface area contributed by atoms with Crippen LogP contribution in [0.1, 0.15) is 51.5 Å². The van der Waals surface area contributed by atoms with Crippen molar-refractivity contribution in [2.45, 2.75) is 52.0 Å². The van der Waals surface area contributed by atoms with Crippen molar-refractivity contribution in [3.63, 3.8) is 0 Å². The Balaban J connectivity index is 2.35. The van der Waals surface area contributed by atoms with E-state index in [4.69, 9.17) is 10.5 Å². The third-order valence-corrected chi connectivity index (χ3v) is 3.13. The van der Waals surface area contributed by atoms with Crippen molar-refractivity contribution in [3.8, 4) is 5.75 Å². The Kier molecular flexibility index (Phi) is 6.06. The molecular formula is C15H25NO. The number of nitrogens with two attached hydrogens (primary N) is 1. The lowest BCUT2D eigenvalue weighted by atomic mass is 9.99. The van der Waals surface area contributed by atoms with Crippen LogP contribution < -0.4 is 10.5 Å². The van der Waals surface area contributed by atoms with Gasteiger partial charge in [0.1, 0.15) is 5.75 Å². The quantitative estimate of drug-likeness (QED) is 0.731. The second-order valence-electron chi connectivity index (χ2n) is 4.85. The molecule has 0 bridgehead atoms. The maximum atomic E-state index is 5.68. The molecule has 2 heteroatoms. The van der Waals surface area contributed by atoms with Crippen molar-refractivity contribution in [1.29, 1.82) is 0 Å². The molecule has 0 spiro atoms. The molecular weight excluding hydrogens is 210 g/mol. The SMILES string of the molecule is CCC(C)c1ccc(OCCCC(C)N)cc1. The summed E-state index contributed by atoms with van der Waals surface area (Å²) >= 11 is 0. The standard InChI is InChI=1S/C15H25NO/c1-4-12(2)14-7-9-15(10-8-14)17-11-5-6-13(3)16/h7-10,12-13H,4-6,11,16H2,1-3H3. The Hall–Kier alpha value is -1.02. The van der Waals surface area contributed by atoms with Gasteiger partial charge in [0.15, 0.2) is 0 Å². The molecule has 2 unspecified atom stereocenters. The summed E-state index contributed by atoms with van der Waals surface area (Å²) in [7, 11) is 0. The molecule has 17 heavy (non-hydrogen) atoms. The average molecular weight is 235 g/mol. The van der Waals surface area contributed by atoms with E-state index in [0.717, 1.165) is 25.2 Å². The molecule has 2 N–H and O–H groups in total. The largest absolute Gasteiger partial charge is 0.494 e. The van der Waals surface area contributed by atoms with Crippen LogP contribution in [0.4, 0.5) is 0 Å². The van der Waals surface area contributed by atoms with Crippen LogP contribution >= 0.6 is 0 Å². The fourth-order valence-corrected chi connectivity index (χ4v) is 1.72. The van der Waals surface area contributed by atoms with E-state index in [1.807, 2.05) is 6.92 Å². The second kappa shape index (κ2) is 7.33.